The number of anilines is 1. The zero-order valence-electron chi connectivity index (χ0n) is 21.0. The number of Topliss-reactive ketones (excluding diaryl/α,β-unsaturated/α-hetero) is 1. The molecule has 1 atom stereocenters. The van der Waals surface area contributed by atoms with Crippen LogP contribution in [-0.4, -0.2) is 33.2 Å². The van der Waals surface area contributed by atoms with Gasteiger partial charge in [-0.3, -0.25) is 14.5 Å². The fourth-order valence-corrected chi connectivity index (χ4v) is 5.18. The minimum atomic E-state index is -4.64. The lowest BCUT2D eigenvalue weighted by molar-refractivity contribution is -0.168. The number of ketones is 1. The van der Waals surface area contributed by atoms with Crippen molar-refractivity contribution in [3.63, 3.8) is 0 Å². The van der Waals surface area contributed by atoms with Gasteiger partial charge >= 0.3 is 6.18 Å². The molecular weight excluding hydrogens is 566 g/mol. The van der Waals surface area contributed by atoms with Crippen molar-refractivity contribution in [3.8, 4) is 28.1 Å². The quantitative estimate of drug-likeness (QED) is 0.209. The molecule has 2 heterocycles. The van der Waals surface area contributed by atoms with Gasteiger partial charge in [0.2, 0.25) is 5.78 Å². The number of thiazole rings is 1. The molecular formula is C28H21F4N3O3S2. The number of hydrogen-bond acceptors (Lipinski definition) is 6. The molecule has 0 fully saturated rings. The smallest absolute Gasteiger partial charge is 0.449 e. The van der Waals surface area contributed by atoms with Crippen molar-refractivity contribution in [2.24, 2.45) is 0 Å². The van der Waals surface area contributed by atoms with E-state index in [1.165, 1.54) is 23.5 Å². The zero-order valence-corrected chi connectivity index (χ0v) is 22.7. The largest absolute Gasteiger partial charge is 0.496 e. The highest BCUT2D eigenvalue weighted by atomic mass is 32.2. The van der Waals surface area contributed by atoms with Crippen LogP contribution in [0.25, 0.3) is 33.2 Å². The molecule has 12 heteroatoms. The van der Waals surface area contributed by atoms with E-state index in [4.69, 9.17) is 4.74 Å². The maximum absolute atomic E-state index is 13.7. The van der Waals surface area contributed by atoms with E-state index in [1.807, 2.05) is 53.9 Å². The third-order valence-corrected chi connectivity index (χ3v) is 7.45. The number of rotatable bonds is 6. The van der Waals surface area contributed by atoms with E-state index in [0.717, 1.165) is 33.2 Å². The average Bonchev–Trinajstić information content (AvgIpc) is 3.45. The van der Waals surface area contributed by atoms with Crippen LogP contribution in [0.4, 0.5) is 22.7 Å². The Balaban J connectivity index is 0.000000470. The van der Waals surface area contributed by atoms with Crippen molar-refractivity contribution in [3.05, 3.63) is 90.3 Å². The second-order valence-electron chi connectivity index (χ2n) is 8.23. The second kappa shape index (κ2) is 12.3. The van der Waals surface area contributed by atoms with Crippen LogP contribution < -0.4 is 9.46 Å². The summed E-state index contributed by atoms with van der Waals surface area (Å²) in [6, 6.07) is 19.7. The normalized spacial score (nSPS) is 11.8. The Hall–Kier alpha value is -4.16. The molecule has 0 radical (unpaired) electrons. The van der Waals surface area contributed by atoms with Gasteiger partial charge in [0, 0.05) is 35.6 Å². The van der Waals surface area contributed by atoms with Crippen molar-refractivity contribution < 1.29 is 31.3 Å². The molecule has 0 aliphatic carbocycles. The molecule has 0 amide bonds. The first kappa shape index (κ1) is 28.8. The number of aromatic nitrogens is 2. The van der Waals surface area contributed by atoms with Crippen LogP contribution in [0, 0.1) is 5.82 Å². The molecule has 1 N–H and O–H groups in total. The number of halogens is 4. The fourth-order valence-electron chi connectivity index (χ4n) is 3.63. The summed E-state index contributed by atoms with van der Waals surface area (Å²) in [4.78, 5) is 18.7. The first-order valence-corrected chi connectivity index (χ1v) is 13.6. The summed E-state index contributed by atoms with van der Waals surface area (Å²) in [7, 11) is 0.172. The van der Waals surface area contributed by atoms with Crippen LogP contribution in [0.1, 0.15) is 6.92 Å². The number of ether oxygens (including phenoxy) is 1. The molecule has 0 aliphatic rings. The number of nitrogens with zero attached hydrogens (tertiary/aromatic N) is 2. The molecule has 0 saturated carbocycles. The fraction of sp³-hybridized carbons (Fsp3) is 0.107. The predicted molar refractivity (Wildman–Crippen MR) is 148 cm³/mol. The molecule has 0 spiro atoms. The summed E-state index contributed by atoms with van der Waals surface area (Å²) >= 11 is 1.39. The van der Waals surface area contributed by atoms with Gasteiger partial charge in [-0.1, -0.05) is 24.3 Å². The van der Waals surface area contributed by atoms with Crippen molar-refractivity contribution in [2.45, 2.75) is 18.0 Å². The van der Waals surface area contributed by atoms with Gasteiger partial charge in [0.05, 0.1) is 17.7 Å². The van der Waals surface area contributed by atoms with E-state index in [1.54, 1.807) is 25.6 Å². The molecule has 206 valence electrons. The minimum absolute atomic E-state index is 0.288. The molecule has 1 unspecified atom stereocenters. The van der Waals surface area contributed by atoms with E-state index in [0.29, 0.717) is 22.7 Å². The molecule has 5 aromatic rings. The number of carbonyl (C=O) groups excluding carboxylic acids is 1. The molecule has 0 aliphatic heterocycles. The number of nitrogens with one attached hydrogen (secondary N) is 1. The number of pyridine rings is 1. The van der Waals surface area contributed by atoms with Gasteiger partial charge in [0.1, 0.15) is 11.6 Å². The Bertz CT molecular complexity index is 1680. The Labute approximate surface area is 233 Å². The van der Waals surface area contributed by atoms with E-state index >= 15 is 0 Å². The molecule has 3 aromatic carbocycles. The van der Waals surface area contributed by atoms with Crippen LogP contribution in [0.3, 0.4) is 0 Å². The third kappa shape index (κ3) is 6.88. The first-order chi connectivity index (χ1) is 19.1. The van der Waals surface area contributed by atoms with Gasteiger partial charge in [-0.05, 0) is 59.0 Å². The first-order valence-electron chi connectivity index (χ1n) is 11.6. The lowest BCUT2D eigenvalue weighted by atomic mass is 9.99. The third-order valence-electron chi connectivity index (χ3n) is 5.58. The molecule has 0 saturated heterocycles. The molecule has 2 aromatic heterocycles. The summed E-state index contributed by atoms with van der Waals surface area (Å²) in [6.45, 7) is 0.486. The lowest BCUT2D eigenvalue weighted by Gasteiger charge is -2.13. The lowest BCUT2D eigenvalue weighted by Crippen LogP contribution is -2.18. The highest BCUT2D eigenvalue weighted by Gasteiger charge is 2.33. The van der Waals surface area contributed by atoms with E-state index < -0.39 is 22.9 Å². The SMILES string of the molecule is CC(=O)C(F)(F)F.COc1cc(-c2cccc(F)c2)ccc1-c1nccc2cc(S(=O)Nc3nccs3)ccc12. The Morgan fingerprint density at radius 3 is 2.38 bits per heavy atom. The van der Waals surface area contributed by atoms with Crippen LogP contribution >= 0.6 is 11.3 Å². The van der Waals surface area contributed by atoms with Gasteiger partial charge in [0.15, 0.2) is 16.1 Å². The highest BCUT2D eigenvalue weighted by Crippen LogP contribution is 2.37. The number of hydrogen-bond donors (Lipinski definition) is 1. The standard InChI is InChI=1S/C25H18FN3O2S2.C3H3F3O/c1-31-23-15-17(16-3-2-4-19(26)13-16)5-7-22(23)24-21-8-6-20(14-18(21)9-10-27-24)33(30)29-25-28-11-12-32-25;1-2(7)3(4,5)6/h2-15H,1H3,(H,28,29);1H3. The Morgan fingerprint density at radius 2 is 1.73 bits per heavy atom. The Kier molecular flexibility index (Phi) is 8.90. The van der Waals surface area contributed by atoms with Crippen LogP contribution in [0.5, 0.6) is 5.75 Å². The number of carbonyl (C=O) groups is 1. The second-order valence-corrected chi connectivity index (χ2v) is 10.3. The van der Waals surface area contributed by atoms with Gasteiger partial charge in [-0.2, -0.15) is 13.2 Å². The van der Waals surface area contributed by atoms with Gasteiger partial charge in [0.25, 0.3) is 0 Å². The maximum Gasteiger partial charge on any atom is 0.449 e. The number of alkyl halides is 3. The van der Waals surface area contributed by atoms with Crippen LogP contribution in [0.2, 0.25) is 0 Å². The maximum atomic E-state index is 13.7. The monoisotopic (exact) mass is 587 g/mol. The zero-order chi connectivity index (χ0) is 28.9. The van der Waals surface area contributed by atoms with Gasteiger partial charge < -0.3 is 4.74 Å². The van der Waals surface area contributed by atoms with E-state index in [2.05, 4.69) is 14.7 Å². The highest BCUT2D eigenvalue weighted by molar-refractivity contribution is 7.86. The predicted octanol–water partition coefficient (Wildman–Crippen LogP) is 7.45. The molecule has 0 bridgehead atoms. The van der Waals surface area contributed by atoms with Crippen molar-refractivity contribution >= 4 is 44.0 Å². The van der Waals surface area contributed by atoms with Gasteiger partial charge in [-0.15, -0.1) is 11.3 Å². The summed E-state index contributed by atoms with van der Waals surface area (Å²) < 4.78 is 67.5. The topological polar surface area (TPSA) is 81.2 Å². The van der Waals surface area contributed by atoms with Crippen LogP contribution in [0.15, 0.2) is 89.4 Å². The number of benzene rings is 3. The Morgan fingerprint density at radius 1 is 0.975 bits per heavy atom. The summed E-state index contributed by atoms with van der Waals surface area (Å²) in [6.07, 6.45) is -1.26. The van der Waals surface area contributed by atoms with E-state index in [-0.39, 0.29) is 5.82 Å². The van der Waals surface area contributed by atoms with Crippen molar-refractivity contribution in [1.29, 1.82) is 0 Å². The molecule has 5 rings (SSSR count). The summed E-state index contributed by atoms with van der Waals surface area (Å²) in [5.74, 6) is -1.41. The van der Waals surface area contributed by atoms with E-state index in [9.17, 15) is 26.6 Å². The summed E-state index contributed by atoms with van der Waals surface area (Å²) in [5.41, 5.74) is 3.19. The molecule has 40 heavy (non-hydrogen) atoms. The average molecular weight is 588 g/mol. The number of fused-ring (bicyclic) bond motifs is 1. The minimum Gasteiger partial charge on any atom is -0.496 e. The van der Waals surface area contributed by atoms with Gasteiger partial charge in [-0.25, -0.2) is 13.6 Å². The molecule has 6 nitrogen and oxygen atoms in total. The van der Waals surface area contributed by atoms with Crippen molar-refractivity contribution in [1.82, 2.24) is 9.97 Å². The number of methoxy groups -OCH3 is 1. The van der Waals surface area contributed by atoms with Crippen molar-refractivity contribution in [2.75, 3.05) is 11.8 Å². The summed E-state index contributed by atoms with van der Waals surface area (Å²) in [5, 5.41) is 4.24. The van der Waals surface area contributed by atoms with Crippen LogP contribution in [-0.2, 0) is 15.8 Å².